The van der Waals surface area contributed by atoms with Gasteiger partial charge in [0.2, 0.25) is 5.91 Å². The third-order valence-corrected chi connectivity index (χ3v) is 4.71. The van der Waals surface area contributed by atoms with Crippen molar-refractivity contribution >= 4 is 34.5 Å². The summed E-state index contributed by atoms with van der Waals surface area (Å²) in [4.78, 5) is 16.4. The first kappa shape index (κ1) is 16.7. The van der Waals surface area contributed by atoms with E-state index < -0.39 is 0 Å². The highest BCUT2D eigenvalue weighted by molar-refractivity contribution is 7.13. The molecule has 1 N–H and O–H groups in total. The van der Waals surface area contributed by atoms with E-state index in [9.17, 15) is 4.79 Å². The van der Waals surface area contributed by atoms with Gasteiger partial charge < -0.3 is 5.32 Å². The van der Waals surface area contributed by atoms with Crippen LogP contribution in [0.1, 0.15) is 13.8 Å². The minimum Gasteiger partial charge on any atom is -0.326 e. The van der Waals surface area contributed by atoms with Crippen molar-refractivity contribution in [2.75, 3.05) is 5.32 Å². The van der Waals surface area contributed by atoms with E-state index in [0.717, 1.165) is 32.5 Å². The van der Waals surface area contributed by atoms with Gasteiger partial charge in [-0.25, -0.2) is 4.98 Å². The molecule has 1 heterocycles. The van der Waals surface area contributed by atoms with Gasteiger partial charge in [-0.15, -0.1) is 11.3 Å². The van der Waals surface area contributed by atoms with Crippen molar-refractivity contribution in [1.82, 2.24) is 4.98 Å². The summed E-state index contributed by atoms with van der Waals surface area (Å²) < 4.78 is 0. The molecule has 0 spiro atoms. The van der Waals surface area contributed by atoms with Gasteiger partial charge in [0.25, 0.3) is 0 Å². The first-order valence-electron chi connectivity index (χ1n) is 7.65. The second-order valence-electron chi connectivity index (χ2n) is 5.77. The number of anilines is 1. The molecule has 0 saturated carbocycles. The van der Waals surface area contributed by atoms with Crippen LogP contribution in [0.3, 0.4) is 0 Å². The molecule has 3 aromatic rings. The molecule has 0 unspecified atom stereocenters. The second kappa shape index (κ2) is 7.16. The van der Waals surface area contributed by atoms with E-state index in [2.05, 4.69) is 10.3 Å². The van der Waals surface area contributed by atoms with Crippen LogP contribution in [0.25, 0.3) is 21.8 Å². The number of thiazole rings is 1. The number of benzene rings is 2. The molecule has 0 atom stereocenters. The Hall–Kier alpha value is -2.17. The lowest BCUT2D eigenvalue weighted by atomic mass is 10.1. The number of aromatic nitrogens is 1. The third-order valence-electron chi connectivity index (χ3n) is 3.57. The van der Waals surface area contributed by atoms with Gasteiger partial charge in [0.1, 0.15) is 5.01 Å². The molecule has 2 aromatic carbocycles. The molecule has 0 saturated heterocycles. The average Bonchev–Trinajstić information content (AvgIpc) is 3.06. The Balaban J connectivity index is 1.78. The Kier molecular flexibility index (Phi) is 4.97. The average molecular weight is 357 g/mol. The van der Waals surface area contributed by atoms with Crippen molar-refractivity contribution in [3.05, 3.63) is 58.9 Å². The summed E-state index contributed by atoms with van der Waals surface area (Å²) in [6.07, 6.45) is 0. The summed E-state index contributed by atoms with van der Waals surface area (Å²) in [6.45, 7) is 3.74. The highest BCUT2D eigenvalue weighted by Crippen LogP contribution is 2.30. The van der Waals surface area contributed by atoms with Crippen LogP contribution in [0.15, 0.2) is 53.9 Å². The molecule has 0 aliphatic heterocycles. The number of rotatable bonds is 4. The van der Waals surface area contributed by atoms with Crippen LogP contribution in [0.4, 0.5) is 5.69 Å². The van der Waals surface area contributed by atoms with Crippen molar-refractivity contribution in [2.24, 2.45) is 5.92 Å². The van der Waals surface area contributed by atoms with Crippen molar-refractivity contribution in [2.45, 2.75) is 13.8 Å². The Morgan fingerprint density at radius 2 is 1.67 bits per heavy atom. The van der Waals surface area contributed by atoms with E-state index in [0.29, 0.717) is 0 Å². The normalized spacial score (nSPS) is 10.8. The highest BCUT2D eigenvalue weighted by Gasteiger charge is 2.09. The number of hydrogen-bond acceptors (Lipinski definition) is 3. The molecular weight excluding hydrogens is 340 g/mol. The molecule has 0 aliphatic rings. The number of nitrogens with one attached hydrogen (secondary N) is 1. The first-order chi connectivity index (χ1) is 11.5. The highest BCUT2D eigenvalue weighted by atomic mass is 35.5. The molecule has 0 fully saturated rings. The summed E-state index contributed by atoms with van der Waals surface area (Å²) in [5.41, 5.74) is 3.79. The van der Waals surface area contributed by atoms with Crippen LogP contribution in [0, 0.1) is 5.92 Å². The SMILES string of the molecule is CC(C)C(=O)Nc1ccc(-c2csc(-c3ccc(Cl)cc3)n2)cc1. The van der Waals surface area contributed by atoms with Gasteiger partial charge in [-0.05, 0) is 24.3 Å². The molecule has 3 rings (SSSR count). The minimum absolute atomic E-state index is 0.0152. The Morgan fingerprint density at radius 3 is 2.29 bits per heavy atom. The van der Waals surface area contributed by atoms with E-state index in [4.69, 9.17) is 11.6 Å². The molecule has 122 valence electrons. The molecule has 3 nitrogen and oxygen atoms in total. The third kappa shape index (κ3) is 3.83. The van der Waals surface area contributed by atoms with E-state index in [-0.39, 0.29) is 11.8 Å². The summed E-state index contributed by atoms with van der Waals surface area (Å²) in [5, 5.41) is 6.59. The van der Waals surface area contributed by atoms with Gasteiger partial charge in [0.15, 0.2) is 0 Å². The molecular formula is C19H17ClN2OS. The van der Waals surface area contributed by atoms with Crippen molar-refractivity contribution in [3.8, 4) is 21.8 Å². The topological polar surface area (TPSA) is 42.0 Å². The number of carbonyl (C=O) groups excluding carboxylic acids is 1. The van der Waals surface area contributed by atoms with Gasteiger partial charge in [-0.3, -0.25) is 4.79 Å². The zero-order chi connectivity index (χ0) is 17.1. The summed E-state index contributed by atoms with van der Waals surface area (Å²) in [6, 6.07) is 15.4. The lowest BCUT2D eigenvalue weighted by molar-refractivity contribution is -0.118. The van der Waals surface area contributed by atoms with Crippen molar-refractivity contribution in [1.29, 1.82) is 0 Å². The maximum atomic E-state index is 11.7. The Morgan fingerprint density at radius 1 is 1.04 bits per heavy atom. The fourth-order valence-electron chi connectivity index (χ4n) is 2.14. The van der Waals surface area contributed by atoms with E-state index in [1.165, 1.54) is 0 Å². The van der Waals surface area contributed by atoms with Crippen LogP contribution in [-0.2, 0) is 4.79 Å². The van der Waals surface area contributed by atoms with Gasteiger partial charge >= 0.3 is 0 Å². The first-order valence-corrected chi connectivity index (χ1v) is 8.91. The number of halogens is 1. The van der Waals surface area contributed by atoms with Gasteiger partial charge in [-0.1, -0.05) is 49.7 Å². The lowest BCUT2D eigenvalue weighted by Gasteiger charge is -2.07. The van der Waals surface area contributed by atoms with E-state index >= 15 is 0 Å². The molecule has 24 heavy (non-hydrogen) atoms. The molecule has 1 aromatic heterocycles. The predicted molar refractivity (Wildman–Crippen MR) is 101 cm³/mol. The predicted octanol–water partition coefficient (Wildman–Crippen LogP) is 5.73. The van der Waals surface area contributed by atoms with Gasteiger partial charge in [-0.2, -0.15) is 0 Å². The maximum absolute atomic E-state index is 11.7. The van der Waals surface area contributed by atoms with Crippen molar-refractivity contribution in [3.63, 3.8) is 0 Å². The largest absolute Gasteiger partial charge is 0.326 e. The summed E-state index contributed by atoms with van der Waals surface area (Å²) >= 11 is 7.52. The number of nitrogens with zero attached hydrogens (tertiary/aromatic N) is 1. The van der Waals surface area contributed by atoms with Gasteiger partial charge in [0.05, 0.1) is 5.69 Å². The molecule has 5 heteroatoms. The molecule has 0 radical (unpaired) electrons. The Bertz CT molecular complexity index is 839. The summed E-state index contributed by atoms with van der Waals surface area (Å²) in [5.74, 6) is -0.0217. The fourth-order valence-corrected chi connectivity index (χ4v) is 3.10. The van der Waals surface area contributed by atoms with Gasteiger partial charge in [0, 0.05) is 33.1 Å². The van der Waals surface area contributed by atoms with Crippen LogP contribution in [0.5, 0.6) is 0 Å². The van der Waals surface area contributed by atoms with Crippen LogP contribution < -0.4 is 5.32 Å². The zero-order valence-corrected chi connectivity index (χ0v) is 15.0. The number of amides is 1. The molecule has 0 bridgehead atoms. The number of carbonyl (C=O) groups is 1. The van der Waals surface area contributed by atoms with E-state index in [1.54, 1.807) is 11.3 Å². The summed E-state index contributed by atoms with van der Waals surface area (Å²) in [7, 11) is 0. The monoisotopic (exact) mass is 356 g/mol. The van der Waals surface area contributed by atoms with Crippen LogP contribution in [-0.4, -0.2) is 10.9 Å². The fraction of sp³-hybridized carbons (Fsp3) is 0.158. The molecule has 1 amide bonds. The molecule has 0 aliphatic carbocycles. The lowest BCUT2D eigenvalue weighted by Crippen LogP contribution is -2.17. The van der Waals surface area contributed by atoms with Crippen LogP contribution >= 0.6 is 22.9 Å². The minimum atomic E-state index is -0.0369. The van der Waals surface area contributed by atoms with Crippen LogP contribution in [0.2, 0.25) is 5.02 Å². The maximum Gasteiger partial charge on any atom is 0.226 e. The second-order valence-corrected chi connectivity index (χ2v) is 7.06. The number of hydrogen-bond donors (Lipinski definition) is 1. The smallest absolute Gasteiger partial charge is 0.226 e. The standard InChI is InChI=1S/C19H17ClN2OS/c1-12(2)18(23)21-16-9-5-13(6-10-16)17-11-24-19(22-17)14-3-7-15(20)8-4-14/h3-12H,1-2H3,(H,21,23). The van der Waals surface area contributed by atoms with Crippen molar-refractivity contribution < 1.29 is 4.79 Å². The quantitative estimate of drug-likeness (QED) is 0.649. The zero-order valence-electron chi connectivity index (χ0n) is 13.4. The van der Waals surface area contributed by atoms with E-state index in [1.807, 2.05) is 67.8 Å². The Labute approximate surface area is 150 Å².